The minimum atomic E-state index is -0.981. The van der Waals surface area contributed by atoms with Crippen molar-refractivity contribution in [1.82, 2.24) is 4.90 Å². The molecule has 2 aromatic carbocycles. The largest absolute Gasteiger partial charge is 0.481 e. The summed E-state index contributed by atoms with van der Waals surface area (Å²) in [6, 6.07) is 14.4. The normalized spacial score (nSPS) is 20.3. The second-order valence-corrected chi connectivity index (χ2v) is 7.12. The number of nitrogens with zero attached hydrogens (tertiary/aromatic N) is 1. The summed E-state index contributed by atoms with van der Waals surface area (Å²) in [6.07, 6.45) is 2.29. The molecule has 3 rings (SSSR count). The maximum absolute atomic E-state index is 12.6. The Morgan fingerprint density at radius 1 is 1.19 bits per heavy atom. The van der Waals surface area contributed by atoms with Gasteiger partial charge in [0, 0.05) is 26.6 Å². The summed E-state index contributed by atoms with van der Waals surface area (Å²) in [5, 5.41) is 12.0. The van der Waals surface area contributed by atoms with Crippen molar-refractivity contribution in [3.8, 4) is 0 Å². The van der Waals surface area contributed by atoms with E-state index < -0.39 is 11.4 Å². The molecular formula is C21H25NO4. The average Bonchev–Trinajstić information content (AvgIpc) is 2.66. The summed E-state index contributed by atoms with van der Waals surface area (Å²) < 4.78 is 5.13. The number of hydrogen-bond donors (Lipinski definition) is 1. The van der Waals surface area contributed by atoms with Crippen LogP contribution in [0.5, 0.6) is 0 Å². The molecular weight excluding hydrogens is 330 g/mol. The van der Waals surface area contributed by atoms with Crippen LogP contribution in [0.15, 0.2) is 42.5 Å². The second kappa shape index (κ2) is 7.87. The molecule has 26 heavy (non-hydrogen) atoms. The fraction of sp³-hybridized carbons (Fsp3) is 0.429. The number of benzene rings is 2. The van der Waals surface area contributed by atoms with Crippen LogP contribution in [0.4, 0.5) is 0 Å². The van der Waals surface area contributed by atoms with Gasteiger partial charge >= 0.3 is 5.97 Å². The Labute approximate surface area is 153 Å². The van der Waals surface area contributed by atoms with E-state index in [4.69, 9.17) is 4.74 Å². The molecule has 0 saturated carbocycles. The highest BCUT2D eigenvalue weighted by atomic mass is 16.5. The quantitative estimate of drug-likeness (QED) is 0.865. The van der Waals surface area contributed by atoms with Gasteiger partial charge in [-0.25, -0.2) is 0 Å². The third kappa shape index (κ3) is 3.88. The van der Waals surface area contributed by atoms with E-state index in [2.05, 4.69) is 30.3 Å². The first-order chi connectivity index (χ1) is 12.5. The lowest BCUT2D eigenvalue weighted by Crippen LogP contribution is -2.52. The van der Waals surface area contributed by atoms with Crippen molar-refractivity contribution in [1.29, 1.82) is 0 Å². The van der Waals surface area contributed by atoms with Gasteiger partial charge in [0.1, 0.15) is 5.41 Å². The molecule has 0 radical (unpaired) electrons. The molecule has 1 aliphatic heterocycles. The molecule has 1 unspecified atom stereocenters. The van der Waals surface area contributed by atoms with Crippen LogP contribution in [0.25, 0.3) is 10.8 Å². The Kier molecular flexibility index (Phi) is 5.57. The van der Waals surface area contributed by atoms with Gasteiger partial charge in [0.05, 0.1) is 6.61 Å². The molecule has 1 saturated heterocycles. The van der Waals surface area contributed by atoms with Gasteiger partial charge in [0.25, 0.3) is 0 Å². The maximum atomic E-state index is 12.6. The first-order valence-electron chi connectivity index (χ1n) is 9.02. The van der Waals surface area contributed by atoms with Gasteiger partial charge in [-0.05, 0) is 35.6 Å². The van der Waals surface area contributed by atoms with E-state index in [1.54, 1.807) is 4.90 Å². The van der Waals surface area contributed by atoms with Crippen molar-refractivity contribution >= 4 is 22.6 Å². The second-order valence-electron chi connectivity index (χ2n) is 7.12. The van der Waals surface area contributed by atoms with Gasteiger partial charge in [0.15, 0.2) is 0 Å². The van der Waals surface area contributed by atoms with Gasteiger partial charge < -0.3 is 14.7 Å². The Morgan fingerprint density at radius 3 is 2.69 bits per heavy atom. The number of carbonyl (C=O) groups excluding carboxylic acids is 1. The number of carboxylic acids is 1. The predicted octanol–water partition coefficient (Wildman–Crippen LogP) is 3.11. The predicted molar refractivity (Wildman–Crippen MR) is 100 cm³/mol. The summed E-state index contributed by atoms with van der Waals surface area (Å²) in [6.45, 7) is 0.985. The molecule has 1 N–H and O–H groups in total. The number of methoxy groups -OCH3 is 1. The van der Waals surface area contributed by atoms with Crippen molar-refractivity contribution in [2.45, 2.75) is 25.7 Å². The molecule has 0 aliphatic carbocycles. The number of ether oxygens (including phenoxy) is 1. The van der Waals surface area contributed by atoms with Crippen LogP contribution in [0.1, 0.15) is 24.8 Å². The van der Waals surface area contributed by atoms with Gasteiger partial charge in [-0.3, -0.25) is 9.59 Å². The highest BCUT2D eigenvalue weighted by Gasteiger charge is 2.43. The standard InChI is InChI=1S/C21H25NO4/c1-26-15-21(20(24)25)11-4-12-22(14-21)19(23)10-8-16-7-9-17-5-2-3-6-18(17)13-16/h2-3,5-7,9,13H,4,8,10-12,14-15H2,1H3,(H,24,25). The van der Waals surface area contributed by atoms with Gasteiger partial charge in [-0.1, -0.05) is 42.5 Å². The topological polar surface area (TPSA) is 66.8 Å². The van der Waals surface area contributed by atoms with E-state index in [-0.39, 0.29) is 19.1 Å². The Hall–Kier alpha value is -2.40. The van der Waals surface area contributed by atoms with Crippen molar-refractivity contribution in [3.05, 3.63) is 48.0 Å². The van der Waals surface area contributed by atoms with Crippen molar-refractivity contribution in [3.63, 3.8) is 0 Å². The molecule has 2 aromatic rings. The monoisotopic (exact) mass is 355 g/mol. The SMILES string of the molecule is COCC1(C(=O)O)CCCN(C(=O)CCc2ccc3ccccc3c2)C1. The van der Waals surface area contributed by atoms with E-state index in [0.717, 1.165) is 5.56 Å². The number of aliphatic carboxylic acids is 1. The van der Waals surface area contributed by atoms with Gasteiger partial charge in [0.2, 0.25) is 5.91 Å². The Morgan fingerprint density at radius 2 is 1.96 bits per heavy atom. The fourth-order valence-corrected chi connectivity index (χ4v) is 3.78. The molecule has 0 aromatic heterocycles. The van der Waals surface area contributed by atoms with Crippen LogP contribution >= 0.6 is 0 Å². The zero-order valence-electron chi connectivity index (χ0n) is 15.1. The van der Waals surface area contributed by atoms with Crippen LogP contribution in [-0.4, -0.2) is 48.7 Å². The fourth-order valence-electron chi connectivity index (χ4n) is 3.78. The molecule has 1 atom stereocenters. The maximum Gasteiger partial charge on any atom is 0.313 e. The minimum Gasteiger partial charge on any atom is -0.481 e. The zero-order chi connectivity index (χ0) is 18.6. The van der Waals surface area contributed by atoms with Crippen LogP contribution in [-0.2, 0) is 20.7 Å². The number of rotatable bonds is 6. The smallest absolute Gasteiger partial charge is 0.313 e. The van der Waals surface area contributed by atoms with Crippen LogP contribution in [0.2, 0.25) is 0 Å². The van der Waals surface area contributed by atoms with Crippen molar-refractivity contribution in [2.75, 3.05) is 26.8 Å². The van der Waals surface area contributed by atoms with E-state index in [1.165, 1.54) is 17.9 Å². The van der Waals surface area contributed by atoms with Crippen LogP contribution in [0, 0.1) is 5.41 Å². The van der Waals surface area contributed by atoms with Crippen LogP contribution < -0.4 is 0 Å². The lowest BCUT2D eigenvalue weighted by Gasteiger charge is -2.39. The molecule has 0 bridgehead atoms. The molecule has 1 fully saturated rings. The van der Waals surface area contributed by atoms with Crippen molar-refractivity contribution < 1.29 is 19.4 Å². The number of hydrogen-bond acceptors (Lipinski definition) is 3. The highest BCUT2D eigenvalue weighted by molar-refractivity contribution is 5.83. The summed E-state index contributed by atoms with van der Waals surface area (Å²) >= 11 is 0. The number of amides is 1. The Balaban J connectivity index is 1.64. The molecule has 138 valence electrons. The van der Waals surface area contributed by atoms with Crippen molar-refractivity contribution in [2.24, 2.45) is 5.41 Å². The number of carbonyl (C=O) groups is 2. The number of likely N-dealkylation sites (tertiary alicyclic amines) is 1. The van der Waals surface area contributed by atoms with Gasteiger partial charge in [-0.15, -0.1) is 0 Å². The average molecular weight is 355 g/mol. The van der Waals surface area contributed by atoms with Gasteiger partial charge in [-0.2, -0.15) is 0 Å². The molecule has 5 heteroatoms. The lowest BCUT2D eigenvalue weighted by atomic mass is 9.80. The lowest BCUT2D eigenvalue weighted by molar-refractivity contribution is -0.159. The summed E-state index contributed by atoms with van der Waals surface area (Å²) in [4.78, 5) is 26.1. The summed E-state index contributed by atoms with van der Waals surface area (Å²) in [5.41, 5.74) is 0.140. The van der Waals surface area contributed by atoms with E-state index in [9.17, 15) is 14.7 Å². The number of aryl methyl sites for hydroxylation is 1. The molecule has 1 aliphatic rings. The highest BCUT2D eigenvalue weighted by Crippen LogP contribution is 2.31. The molecule has 1 amide bonds. The minimum absolute atomic E-state index is 0.0135. The zero-order valence-corrected chi connectivity index (χ0v) is 15.1. The van der Waals surface area contributed by atoms with E-state index in [0.29, 0.717) is 32.2 Å². The van der Waals surface area contributed by atoms with E-state index >= 15 is 0 Å². The molecule has 5 nitrogen and oxygen atoms in total. The third-order valence-electron chi connectivity index (χ3n) is 5.25. The summed E-state index contributed by atoms with van der Waals surface area (Å²) in [5.74, 6) is -0.869. The molecule has 0 spiro atoms. The first kappa shape index (κ1) is 18.4. The Bertz CT molecular complexity index is 799. The number of fused-ring (bicyclic) bond motifs is 1. The molecule has 1 heterocycles. The first-order valence-corrected chi connectivity index (χ1v) is 9.02. The number of piperidine rings is 1. The number of carboxylic acid groups (broad SMARTS) is 1. The van der Waals surface area contributed by atoms with E-state index in [1.807, 2.05) is 12.1 Å². The summed E-state index contributed by atoms with van der Waals surface area (Å²) in [7, 11) is 1.51. The van der Waals surface area contributed by atoms with Crippen LogP contribution in [0.3, 0.4) is 0 Å². The third-order valence-corrected chi connectivity index (χ3v) is 5.25.